The van der Waals surface area contributed by atoms with Crippen LogP contribution in [-0.4, -0.2) is 29.3 Å². The zero-order valence-electron chi connectivity index (χ0n) is 16.1. The molecule has 1 aliphatic rings. The predicted molar refractivity (Wildman–Crippen MR) is 124 cm³/mol. The van der Waals surface area contributed by atoms with Gasteiger partial charge in [-0.1, -0.05) is 76.6 Å². The van der Waals surface area contributed by atoms with Crippen LogP contribution in [0.3, 0.4) is 0 Å². The van der Waals surface area contributed by atoms with Crippen molar-refractivity contribution in [1.29, 1.82) is 0 Å². The highest BCUT2D eigenvalue weighted by atomic mass is 79.9. The van der Waals surface area contributed by atoms with Crippen molar-refractivity contribution in [3.8, 4) is 0 Å². The number of benzene rings is 3. The monoisotopic (exact) mass is 541 g/mol. The molecule has 0 bridgehead atoms. The lowest BCUT2D eigenvalue weighted by Crippen LogP contribution is -2.45. The molecule has 1 aliphatic heterocycles. The van der Waals surface area contributed by atoms with Gasteiger partial charge in [0.15, 0.2) is 5.54 Å². The predicted octanol–water partition coefficient (Wildman–Crippen LogP) is 4.65. The summed E-state index contributed by atoms with van der Waals surface area (Å²) in [6.45, 7) is -0.408. The second kappa shape index (κ2) is 8.64. The number of anilines is 1. The molecule has 4 amide bonds. The third-order valence-corrected chi connectivity index (χ3v) is 6.18. The SMILES string of the molecule is O=C(CN1C(=O)NC(c2ccccc2)(c2ccccc2)C1=O)Nc1ccc(Br)cc1Br. The fourth-order valence-corrected chi connectivity index (χ4v) is 4.72. The lowest BCUT2D eigenvalue weighted by atomic mass is 9.82. The standard InChI is InChI=1S/C23H17Br2N3O3/c24-17-11-12-19(18(25)13-17)26-20(29)14-28-21(30)23(27-22(28)31,15-7-3-1-4-8-15)16-9-5-2-6-10-16/h1-13H,14H2,(H,26,29)(H,27,31). The molecule has 8 heteroatoms. The Morgan fingerprint density at radius 3 is 2.03 bits per heavy atom. The van der Waals surface area contributed by atoms with E-state index in [0.717, 1.165) is 9.37 Å². The molecular formula is C23H17Br2N3O3. The summed E-state index contributed by atoms with van der Waals surface area (Å²) >= 11 is 6.74. The smallest absolute Gasteiger partial charge is 0.323 e. The van der Waals surface area contributed by atoms with Crippen LogP contribution in [0.4, 0.5) is 10.5 Å². The molecule has 0 saturated carbocycles. The minimum absolute atomic E-state index is 0.408. The van der Waals surface area contributed by atoms with Crippen molar-refractivity contribution in [2.75, 3.05) is 11.9 Å². The number of hydrogen-bond acceptors (Lipinski definition) is 3. The number of carbonyl (C=O) groups excluding carboxylic acids is 3. The van der Waals surface area contributed by atoms with Gasteiger partial charge in [0.25, 0.3) is 5.91 Å². The van der Waals surface area contributed by atoms with Crippen LogP contribution in [0, 0.1) is 0 Å². The largest absolute Gasteiger partial charge is 0.326 e. The molecule has 6 nitrogen and oxygen atoms in total. The van der Waals surface area contributed by atoms with E-state index in [0.29, 0.717) is 21.3 Å². The van der Waals surface area contributed by atoms with E-state index in [-0.39, 0.29) is 0 Å². The van der Waals surface area contributed by atoms with Crippen LogP contribution in [0.2, 0.25) is 0 Å². The second-order valence-corrected chi connectivity index (χ2v) is 8.75. The summed E-state index contributed by atoms with van der Waals surface area (Å²) < 4.78 is 1.53. The molecule has 1 fully saturated rings. The van der Waals surface area contributed by atoms with Crippen LogP contribution < -0.4 is 10.6 Å². The first-order valence-corrected chi connectivity index (χ1v) is 11.0. The van der Waals surface area contributed by atoms with Gasteiger partial charge < -0.3 is 10.6 Å². The third kappa shape index (κ3) is 4.00. The summed E-state index contributed by atoms with van der Waals surface area (Å²) in [6, 6.07) is 22.7. The number of imide groups is 1. The maximum absolute atomic E-state index is 13.6. The quantitative estimate of drug-likeness (QED) is 0.461. The molecule has 1 heterocycles. The molecule has 0 atom stereocenters. The first kappa shape index (κ1) is 21.3. The Hall–Kier alpha value is -2.97. The Labute approximate surface area is 195 Å². The van der Waals surface area contributed by atoms with Crippen molar-refractivity contribution in [2.24, 2.45) is 0 Å². The average molecular weight is 543 g/mol. The van der Waals surface area contributed by atoms with Crippen LogP contribution in [0.5, 0.6) is 0 Å². The Morgan fingerprint density at radius 2 is 1.48 bits per heavy atom. The van der Waals surface area contributed by atoms with E-state index in [2.05, 4.69) is 42.5 Å². The third-order valence-electron chi connectivity index (χ3n) is 5.03. The van der Waals surface area contributed by atoms with E-state index in [9.17, 15) is 14.4 Å². The van der Waals surface area contributed by atoms with Crippen LogP contribution >= 0.6 is 31.9 Å². The van der Waals surface area contributed by atoms with Gasteiger partial charge in [-0.05, 0) is 45.3 Å². The first-order chi connectivity index (χ1) is 14.9. The highest BCUT2D eigenvalue weighted by Crippen LogP contribution is 2.36. The van der Waals surface area contributed by atoms with E-state index in [1.165, 1.54) is 0 Å². The Morgan fingerprint density at radius 1 is 0.903 bits per heavy atom. The van der Waals surface area contributed by atoms with Gasteiger partial charge >= 0.3 is 6.03 Å². The van der Waals surface area contributed by atoms with E-state index in [1.807, 2.05) is 12.1 Å². The molecule has 0 aromatic heterocycles. The van der Waals surface area contributed by atoms with Crippen molar-refractivity contribution >= 4 is 55.4 Å². The van der Waals surface area contributed by atoms with Crippen LogP contribution in [0.15, 0.2) is 87.8 Å². The zero-order valence-corrected chi connectivity index (χ0v) is 19.3. The number of hydrogen-bond donors (Lipinski definition) is 2. The number of amides is 4. The van der Waals surface area contributed by atoms with Crippen molar-refractivity contribution in [2.45, 2.75) is 5.54 Å². The van der Waals surface area contributed by atoms with Crippen molar-refractivity contribution in [1.82, 2.24) is 10.2 Å². The molecule has 156 valence electrons. The summed E-state index contributed by atoms with van der Waals surface area (Å²) in [6.07, 6.45) is 0. The molecular weight excluding hydrogens is 526 g/mol. The average Bonchev–Trinajstić information content (AvgIpc) is 3.02. The minimum atomic E-state index is -1.39. The number of rotatable bonds is 5. The van der Waals surface area contributed by atoms with Crippen molar-refractivity contribution in [3.63, 3.8) is 0 Å². The van der Waals surface area contributed by atoms with E-state index >= 15 is 0 Å². The number of nitrogens with zero attached hydrogens (tertiary/aromatic N) is 1. The number of carbonyl (C=O) groups is 3. The fraction of sp³-hybridized carbons (Fsp3) is 0.0870. The molecule has 31 heavy (non-hydrogen) atoms. The number of urea groups is 1. The molecule has 4 rings (SSSR count). The van der Waals surface area contributed by atoms with E-state index < -0.39 is 29.9 Å². The van der Waals surface area contributed by atoms with Gasteiger partial charge in [0, 0.05) is 8.95 Å². The minimum Gasteiger partial charge on any atom is -0.323 e. The van der Waals surface area contributed by atoms with Gasteiger partial charge in [-0.25, -0.2) is 4.79 Å². The Bertz CT molecular complexity index is 1110. The lowest BCUT2D eigenvalue weighted by Gasteiger charge is -2.28. The molecule has 0 spiro atoms. The van der Waals surface area contributed by atoms with Crippen molar-refractivity contribution in [3.05, 3.63) is 98.9 Å². The Balaban J connectivity index is 1.64. The topological polar surface area (TPSA) is 78.5 Å². The molecule has 0 radical (unpaired) electrons. The van der Waals surface area contributed by atoms with Gasteiger partial charge in [0.2, 0.25) is 5.91 Å². The molecule has 3 aromatic rings. The number of halogens is 2. The van der Waals surface area contributed by atoms with Gasteiger partial charge in [-0.2, -0.15) is 0 Å². The molecule has 2 N–H and O–H groups in total. The summed E-state index contributed by atoms with van der Waals surface area (Å²) in [5, 5.41) is 5.56. The van der Waals surface area contributed by atoms with E-state index in [1.54, 1.807) is 66.7 Å². The highest BCUT2D eigenvalue weighted by Gasteiger charge is 2.54. The fourth-order valence-electron chi connectivity index (χ4n) is 3.58. The number of nitrogens with one attached hydrogen (secondary N) is 2. The summed E-state index contributed by atoms with van der Waals surface area (Å²) in [4.78, 5) is 40.0. The summed E-state index contributed by atoms with van der Waals surface area (Å²) in [7, 11) is 0. The van der Waals surface area contributed by atoms with Gasteiger partial charge in [0.05, 0.1) is 5.69 Å². The first-order valence-electron chi connectivity index (χ1n) is 9.42. The second-order valence-electron chi connectivity index (χ2n) is 6.98. The van der Waals surface area contributed by atoms with Gasteiger partial charge in [-0.15, -0.1) is 0 Å². The van der Waals surface area contributed by atoms with Crippen LogP contribution in [0.1, 0.15) is 11.1 Å². The lowest BCUT2D eigenvalue weighted by molar-refractivity contribution is -0.133. The Kier molecular flexibility index (Phi) is 5.93. The normalized spacial score (nSPS) is 15.0. The molecule has 3 aromatic carbocycles. The molecule has 1 saturated heterocycles. The maximum atomic E-state index is 13.6. The van der Waals surface area contributed by atoms with E-state index in [4.69, 9.17) is 0 Å². The summed E-state index contributed by atoms with van der Waals surface area (Å²) in [5.74, 6) is -0.983. The van der Waals surface area contributed by atoms with Crippen molar-refractivity contribution < 1.29 is 14.4 Å². The highest BCUT2D eigenvalue weighted by molar-refractivity contribution is 9.11. The van der Waals surface area contributed by atoms with Gasteiger partial charge in [-0.3, -0.25) is 14.5 Å². The maximum Gasteiger partial charge on any atom is 0.326 e. The van der Waals surface area contributed by atoms with Gasteiger partial charge in [0.1, 0.15) is 6.54 Å². The zero-order chi connectivity index (χ0) is 22.0. The molecule has 0 unspecified atom stereocenters. The summed E-state index contributed by atoms with van der Waals surface area (Å²) in [5.41, 5.74) is 0.395. The van der Waals surface area contributed by atoms with Crippen LogP contribution in [0.25, 0.3) is 0 Å². The van der Waals surface area contributed by atoms with Crippen LogP contribution in [-0.2, 0) is 15.1 Å². The molecule has 0 aliphatic carbocycles.